The lowest BCUT2D eigenvalue weighted by Crippen LogP contribution is -2.46. The molecule has 48 heavy (non-hydrogen) atoms. The lowest BCUT2D eigenvalue weighted by Gasteiger charge is -2.36. The number of benzene rings is 3. The third-order valence-corrected chi connectivity index (χ3v) is 9.97. The van der Waals surface area contributed by atoms with Crippen molar-refractivity contribution in [3.63, 3.8) is 0 Å². The number of hydrogen-bond acceptors (Lipinski definition) is 7. The highest BCUT2D eigenvalue weighted by Crippen LogP contribution is 2.47. The number of aliphatic hydroxyl groups is 2. The number of ether oxygens (including phenoxy) is 1. The molecule has 4 atom stereocenters. The summed E-state index contributed by atoms with van der Waals surface area (Å²) in [6.45, 7) is 3.90. The summed E-state index contributed by atoms with van der Waals surface area (Å²) in [6, 6.07) is 20.3. The molecule has 0 radical (unpaired) electrons. The van der Waals surface area contributed by atoms with E-state index in [-0.39, 0.29) is 43.3 Å². The van der Waals surface area contributed by atoms with E-state index < -0.39 is 17.4 Å². The van der Waals surface area contributed by atoms with Gasteiger partial charge in [0.1, 0.15) is 5.75 Å². The number of rotatable bonds is 10. The number of methoxy groups -OCH3 is 1. The SMILES string of the molecule is COc1ccc2c(c1)[C@](O)([C@@H](C)/C=C/CC(=O)N1Cc3ccccc3C[C@H]1CO)C(=O)N2Cc1ccc(NC(=O)C2CCCNC2)cc1. The molecule has 252 valence electrons. The Morgan fingerprint density at radius 1 is 1.12 bits per heavy atom. The molecule has 0 spiro atoms. The fourth-order valence-electron chi connectivity index (χ4n) is 7.08. The molecule has 3 aliphatic heterocycles. The number of aliphatic hydroxyl groups excluding tert-OH is 1. The molecule has 0 bridgehead atoms. The second kappa shape index (κ2) is 14.3. The van der Waals surface area contributed by atoms with E-state index in [2.05, 4.69) is 10.6 Å². The molecule has 3 heterocycles. The van der Waals surface area contributed by atoms with Crippen LogP contribution in [0.2, 0.25) is 0 Å². The van der Waals surface area contributed by atoms with Crippen LogP contribution in [0.5, 0.6) is 5.75 Å². The number of nitrogens with one attached hydrogen (secondary N) is 2. The zero-order chi connectivity index (χ0) is 33.8. The van der Waals surface area contributed by atoms with Gasteiger partial charge in [0.15, 0.2) is 5.60 Å². The molecular formula is C38H44N4O6. The molecule has 3 aromatic carbocycles. The maximum absolute atomic E-state index is 14.1. The van der Waals surface area contributed by atoms with Gasteiger partial charge in [0.25, 0.3) is 5.91 Å². The van der Waals surface area contributed by atoms with Crippen LogP contribution in [-0.4, -0.2) is 65.7 Å². The van der Waals surface area contributed by atoms with Crippen LogP contribution in [-0.2, 0) is 39.5 Å². The minimum Gasteiger partial charge on any atom is -0.497 e. The number of carbonyl (C=O) groups is 3. The molecule has 0 aromatic heterocycles. The minimum absolute atomic E-state index is 0.00386. The topological polar surface area (TPSA) is 131 Å². The standard InChI is InChI=1S/C38H44N4O6/c1-25(7-5-11-35(44)41-23-29-9-4-3-8-27(29)19-31(41)24-43)38(47)33-20-32(48-2)16-17-34(33)42(37(38)46)22-26-12-14-30(15-13-26)40-36(45)28-10-6-18-39-21-28/h3-5,7-9,12-17,20,25,28,31,39,43,47H,6,10-11,18-19,21-24H2,1-2H3,(H,40,45)/b7-5+/t25-,28?,31-,38+/m0/s1. The van der Waals surface area contributed by atoms with Crippen LogP contribution >= 0.6 is 0 Å². The van der Waals surface area contributed by atoms with E-state index in [0.717, 1.165) is 36.1 Å². The highest BCUT2D eigenvalue weighted by molar-refractivity contribution is 6.07. The third-order valence-electron chi connectivity index (χ3n) is 9.97. The van der Waals surface area contributed by atoms with Gasteiger partial charge in [-0.1, -0.05) is 55.5 Å². The first kappa shape index (κ1) is 33.4. The number of piperidine rings is 1. The Labute approximate surface area is 281 Å². The number of hydrogen-bond donors (Lipinski definition) is 4. The van der Waals surface area contributed by atoms with Crippen molar-refractivity contribution in [3.05, 3.63) is 101 Å². The van der Waals surface area contributed by atoms with Gasteiger partial charge in [-0.15, -0.1) is 0 Å². The maximum Gasteiger partial charge on any atom is 0.264 e. The highest BCUT2D eigenvalue weighted by atomic mass is 16.5. The first-order valence-electron chi connectivity index (χ1n) is 16.7. The van der Waals surface area contributed by atoms with E-state index in [1.165, 1.54) is 7.11 Å². The number of carbonyl (C=O) groups excluding carboxylic acids is 3. The average molecular weight is 653 g/mol. The molecule has 10 heteroatoms. The molecule has 10 nitrogen and oxygen atoms in total. The number of amides is 3. The Balaban J connectivity index is 1.16. The quantitative estimate of drug-likeness (QED) is 0.245. The van der Waals surface area contributed by atoms with Gasteiger partial charge in [-0.3, -0.25) is 14.4 Å². The summed E-state index contributed by atoms with van der Waals surface area (Å²) >= 11 is 0. The second-order valence-electron chi connectivity index (χ2n) is 13.0. The van der Waals surface area contributed by atoms with Gasteiger partial charge in [0, 0.05) is 36.7 Å². The van der Waals surface area contributed by atoms with Crippen LogP contribution in [0.4, 0.5) is 11.4 Å². The molecule has 1 unspecified atom stereocenters. The normalized spacial score (nSPS) is 22.7. The Morgan fingerprint density at radius 2 is 1.90 bits per heavy atom. The van der Waals surface area contributed by atoms with Gasteiger partial charge in [0.2, 0.25) is 11.8 Å². The first-order chi connectivity index (χ1) is 23.2. The zero-order valence-corrected chi connectivity index (χ0v) is 27.5. The summed E-state index contributed by atoms with van der Waals surface area (Å²) in [5.41, 5.74) is 2.87. The molecule has 3 amide bonds. The van der Waals surface area contributed by atoms with Crippen LogP contribution in [0.3, 0.4) is 0 Å². The van der Waals surface area contributed by atoms with Crippen molar-refractivity contribution in [1.82, 2.24) is 10.2 Å². The van der Waals surface area contributed by atoms with Crippen molar-refractivity contribution in [3.8, 4) is 5.75 Å². The van der Waals surface area contributed by atoms with E-state index in [1.807, 2.05) is 48.5 Å². The maximum atomic E-state index is 14.1. The first-order valence-corrected chi connectivity index (χ1v) is 16.7. The largest absolute Gasteiger partial charge is 0.497 e. The lowest BCUT2D eigenvalue weighted by molar-refractivity contribution is -0.139. The smallest absolute Gasteiger partial charge is 0.264 e. The summed E-state index contributed by atoms with van der Waals surface area (Å²) in [5, 5.41) is 28.4. The predicted octanol–water partition coefficient (Wildman–Crippen LogP) is 3.90. The number of anilines is 2. The summed E-state index contributed by atoms with van der Waals surface area (Å²) in [6.07, 6.45) is 5.92. The molecular weight excluding hydrogens is 608 g/mol. The van der Waals surface area contributed by atoms with Crippen LogP contribution in [0.15, 0.2) is 78.9 Å². The second-order valence-corrected chi connectivity index (χ2v) is 13.0. The number of nitrogens with zero attached hydrogens (tertiary/aromatic N) is 2. The molecule has 1 fully saturated rings. The minimum atomic E-state index is -1.89. The molecule has 0 saturated carbocycles. The summed E-state index contributed by atoms with van der Waals surface area (Å²) in [5.74, 6) is -0.811. The van der Waals surface area contributed by atoms with E-state index in [0.29, 0.717) is 42.2 Å². The lowest BCUT2D eigenvalue weighted by atomic mass is 9.82. The molecule has 0 aliphatic carbocycles. The Kier molecular flexibility index (Phi) is 9.96. The summed E-state index contributed by atoms with van der Waals surface area (Å²) < 4.78 is 5.45. The van der Waals surface area contributed by atoms with Gasteiger partial charge in [0.05, 0.1) is 37.9 Å². The Bertz CT molecular complexity index is 1680. The van der Waals surface area contributed by atoms with Crippen molar-refractivity contribution in [2.75, 3.05) is 37.0 Å². The van der Waals surface area contributed by atoms with E-state index >= 15 is 0 Å². The monoisotopic (exact) mass is 652 g/mol. The van der Waals surface area contributed by atoms with Crippen LogP contribution < -0.4 is 20.3 Å². The Hall–Kier alpha value is -4.51. The van der Waals surface area contributed by atoms with Gasteiger partial charge in [-0.2, -0.15) is 0 Å². The molecule has 3 aliphatic rings. The fraction of sp³-hybridized carbons (Fsp3) is 0.395. The van der Waals surface area contributed by atoms with Crippen LogP contribution in [0.1, 0.15) is 48.4 Å². The average Bonchev–Trinajstić information content (AvgIpc) is 3.33. The van der Waals surface area contributed by atoms with Crippen LogP contribution in [0, 0.1) is 11.8 Å². The van der Waals surface area contributed by atoms with E-state index in [9.17, 15) is 24.6 Å². The van der Waals surface area contributed by atoms with Gasteiger partial charge < -0.3 is 35.4 Å². The van der Waals surface area contributed by atoms with Crippen molar-refractivity contribution >= 4 is 29.1 Å². The van der Waals surface area contributed by atoms with Gasteiger partial charge >= 0.3 is 0 Å². The molecule has 1 saturated heterocycles. The summed E-state index contributed by atoms with van der Waals surface area (Å²) in [4.78, 5) is 43.4. The molecule has 4 N–H and O–H groups in total. The fourth-order valence-corrected chi connectivity index (χ4v) is 7.08. The van der Waals surface area contributed by atoms with Gasteiger partial charge in [-0.05, 0) is 72.8 Å². The van der Waals surface area contributed by atoms with Crippen molar-refractivity contribution in [2.24, 2.45) is 11.8 Å². The number of fused-ring (bicyclic) bond motifs is 2. The van der Waals surface area contributed by atoms with Gasteiger partial charge in [-0.25, -0.2) is 0 Å². The highest BCUT2D eigenvalue weighted by Gasteiger charge is 2.52. The van der Waals surface area contributed by atoms with Crippen LogP contribution in [0.25, 0.3) is 0 Å². The van der Waals surface area contributed by atoms with E-state index in [1.54, 1.807) is 47.1 Å². The third kappa shape index (κ3) is 6.60. The Morgan fingerprint density at radius 3 is 2.60 bits per heavy atom. The van der Waals surface area contributed by atoms with Crippen molar-refractivity contribution in [2.45, 2.75) is 57.3 Å². The summed E-state index contributed by atoms with van der Waals surface area (Å²) in [7, 11) is 1.54. The van der Waals surface area contributed by atoms with Crippen molar-refractivity contribution < 1.29 is 29.3 Å². The molecule has 3 aromatic rings. The predicted molar refractivity (Wildman–Crippen MR) is 183 cm³/mol. The zero-order valence-electron chi connectivity index (χ0n) is 27.5. The van der Waals surface area contributed by atoms with Crippen molar-refractivity contribution in [1.29, 1.82) is 0 Å². The molecule has 6 rings (SSSR count). The van der Waals surface area contributed by atoms with E-state index in [4.69, 9.17) is 4.74 Å².